The number of pyridine rings is 3. The Labute approximate surface area is 273 Å². The normalized spacial score (nSPS) is 11.7. The van der Waals surface area contributed by atoms with Crippen LogP contribution in [0.2, 0.25) is 0 Å². The van der Waals surface area contributed by atoms with E-state index in [9.17, 15) is 0 Å². The molecule has 7 heteroatoms. The smallest absolute Gasteiger partial charge is 0.497 e. The minimum absolute atomic E-state index is 0. The Balaban J connectivity index is 0.00000300. The van der Waals surface area contributed by atoms with Gasteiger partial charge in [0.05, 0.1) is 28.0 Å². The number of aryl methyl sites for hydroxylation is 3. The van der Waals surface area contributed by atoms with Crippen LogP contribution >= 0.6 is 0 Å². The molecule has 45 heavy (non-hydrogen) atoms. The van der Waals surface area contributed by atoms with E-state index < -0.39 is 0 Å². The third-order valence-corrected chi connectivity index (χ3v) is 8.54. The number of imidazole rings is 2. The molecule has 9 aromatic rings. The molecule has 0 aliphatic carbocycles. The van der Waals surface area contributed by atoms with Crippen LogP contribution in [-0.2, 0) is 21.1 Å². The van der Waals surface area contributed by atoms with Crippen LogP contribution in [0.5, 0.6) is 11.5 Å². The summed E-state index contributed by atoms with van der Waals surface area (Å²) in [5.41, 5.74) is 10.5. The topological polar surface area (TPSA) is 56.7 Å². The fourth-order valence-corrected chi connectivity index (χ4v) is 6.80. The van der Waals surface area contributed by atoms with Gasteiger partial charge in [-0.25, -0.2) is 0 Å². The minimum atomic E-state index is 0. The van der Waals surface area contributed by atoms with E-state index in [0.717, 1.165) is 60.5 Å². The van der Waals surface area contributed by atoms with E-state index in [1.165, 1.54) is 22.3 Å². The van der Waals surface area contributed by atoms with Crippen LogP contribution in [0.1, 0.15) is 16.7 Å². The fourth-order valence-electron chi connectivity index (χ4n) is 6.80. The van der Waals surface area contributed by atoms with E-state index in [4.69, 9.17) is 9.72 Å². The molecule has 5 aromatic heterocycles. The molecule has 0 saturated heterocycles. The van der Waals surface area contributed by atoms with Crippen molar-refractivity contribution in [3.8, 4) is 22.8 Å². The first-order valence-electron chi connectivity index (χ1n) is 14.6. The number of aromatic nitrogens is 5. The Kier molecular flexibility index (Phi) is 6.26. The number of para-hydroxylation sites is 1. The van der Waals surface area contributed by atoms with Crippen molar-refractivity contribution in [1.82, 2.24) is 23.8 Å². The molecule has 6 nitrogen and oxygen atoms in total. The van der Waals surface area contributed by atoms with Crippen molar-refractivity contribution in [2.24, 2.45) is 0 Å². The van der Waals surface area contributed by atoms with E-state index in [1.807, 2.05) is 41.1 Å². The number of fused-ring (bicyclic) bond motifs is 12. The van der Waals surface area contributed by atoms with Gasteiger partial charge in [-0.15, -0.1) is 12.1 Å². The molecular formula is C38H25N5OPt. The van der Waals surface area contributed by atoms with Crippen LogP contribution < -0.4 is 4.74 Å². The first-order chi connectivity index (χ1) is 21.5. The van der Waals surface area contributed by atoms with Crippen molar-refractivity contribution in [3.05, 3.63) is 126 Å². The van der Waals surface area contributed by atoms with Crippen molar-refractivity contribution in [1.29, 1.82) is 0 Å². The Bertz CT molecular complexity index is 2610. The van der Waals surface area contributed by atoms with Gasteiger partial charge in [-0.1, -0.05) is 81.7 Å². The summed E-state index contributed by atoms with van der Waals surface area (Å²) >= 11 is 0. The Hall–Kier alpha value is -5.06. The second-order valence-corrected chi connectivity index (χ2v) is 11.4. The Morgan fingerprint density at radius 1 is 0.667 bits per heavy atom. The van der Waals surface area contributed by atoms with Gasteiger partial charge in [0, 0.05) is 47.4 Å². The molecular weight excluding hydrogens is 738 g/mol. The average Bonchev–Trinajstić information content (AvgIpc) is 3.70. The van der Waals surface area contributed by atoms with E-state index in [1.54, 1.807) is 6.20 Å². The molecule has 0 N–H and O–H groups in total. The molecule has 0 bridgehead atoms. The molecule has 0 saturated carbocycles. The molecule has 0 atom stereocenters. The summed E-state index contributed by atoms with van der Waals surface area (Å²) in [5.74, 6) is 1.18. The molecule has 0 aliphatic heterocycles. The number of nitrogens with zero attached hydrogens (tertiary/aromatic N) is 5. The molecule has 5 heterocycles. The molecule has 218 valence electrons. The maximum Gasteiger partial charge on any atom is 2.00 e. The average molecular weight is 763 g/mol. The zero-order chi connectivity index (χ0) is 29.5. The molecule has 0 fully saturated rings. The number of ether oxygens (including phenoxy) is 1. The van der Waals surface area contributed by atoms with E-state index in [0.29, 0.717) is 11.5 Å². The van der Waals surface area contributed by atoms with Crippen LogP contribution in [0.25, 0.3) is 66.0 Å². The number of rotatable bonds is 3. The van der Waals surface area contributed by atoms with Crippen LogP contribution in [0.15, 0.2) is 97.6 Å². The summed E-state index contributed by atoms with van der Waals surface area (Å²) in [4.78, 5) is 14.5. The summed E-state index contributed by atoms with van der Waals surface area (Å²) in [6.07, 6.45) is 7.71. The van der Waals surface area contributed by atoms with Gasteiger partial charge in [-0.3, -0.25) is 15.0 Å². The predicted octanol–water partition coefficient (Wildman–Crippen LogP) is 8.97. The van der Waals surface area contributed by atoms with Gasteiger partial charge < -0.3 is 13.5 Å². The Morgan fingerprint density at radius 2 is 1.38 bits per heavy atom. The first-order valence-corrected chi connectivity index (χ1v) is 14.6. The number of benzene rings is 4. The molecule has 0 amide bonds. The van der Waals surface area contributed by atoms with Crippen molar-refractivity contribution < 1.29 is 25.8 Å². The molecule has 0 radical (unpaired) electrons. The van der Waals surface area contributed by atoms with E-state index >= 15 is 0 Å². The van der Waals surface area contributed by atoms with E-state index in [2.05, 4.69) is 102 Å². The SMILES string of the molecule is Cc1cc(C)c(-c2cn3c4ccccc4c4ccc(Oc5[c-]c6c(cc5)c5ncccc5n5ccnc65)[c-]c4c3n2)c(C)c1.[Pt+2]. The first kappa shape index (κ1) is 27.5. The fraction of sp³-hybridized carbons (Fsp3) is 0.0789. The summed E-state index contributed by atoms with van der Waals surface area (Å²) in [6, 6.07) is 31.9. The number of hydrogen-bond acceptors (Lipinski definition) is 4. The second kappa shape index (κ2) is 10.3. The summed E-state index contributed by atoms with van der Waals surface area (Å²) in [6.45, 7) is 6.45. The molecule has 4 aromatic carbocycles. The van der Waals surface area contributed by atoms with Gasteiger partial charge in [0.15, 0.2) is 0 Å². The molecule has 0 spiro atoms. The van der Waals surface area contributed by atoms with Crippen molar-refractivity contribution in [2.45, 2.75) is 20.8 Å². The predicted molar refractivity (Wildman–Crippen MR) is 176 cm³/mol. The van der Waals surface area contributed by atoms with Crippen molar-refractivity contribution in [3.63, 3.8) is 0 Å². The second-order valence-electron chi connectivity index (χ2n) is 11.4. The standard InChI is InChI=1S/C38H25N5O.Pt/c1-22-17-23(2)35(24(3)18-22)32-21-43-33-8-5-4-7-28(33)27-12-10-25(19-30(27)38(43)41-32)44-26-11-13-29-31(20-26)37-40-15-16-42(37)34-9-6-14-39-36(29)34;/h4-18,21H,1-3H3;/q-2;+2. The zero-order valence-electron chi connectivity index (χ0n) is 24.7. The van der Waals surface area contributed by atoms with Gasteiger partial charge in [-0.2, -0.15) is 0 Å². The van der Waals surface area contributed by atoms with Crippen LogP contribution in [0, 0.1) is 32.9 Å². The summed E-state index contributed by atoms with van der Waals surface area (Å²) in [7, 11) is 0. The largest absolute Gasteiger partial charge is 2.00 e. The maximum absolute atomic E-state index is 6.43. The van der Waals surface area contributed by atoms with Gasteiger partial charge in [0.2, 0.25) is 0 Å². The molecule has 0 unspecified atom stereocenters. The zero-order valence-corrected chi connectivity index (χ0v) is 27.0. The Morgan fingerprint density at radius 3 is 2.18 bits per heavy atom. The third-order valence-electron chi connectivity index (χ3n) is 8.54. The van der Waals surface area contributed by atoms with Gasteiger partial charge >= 0.3 is 21.1 Å². The van der Waals surface area contributed by atoms with Crippen molar-refractivity contribution >= 4 is 54.8 Å². The quantitative estimate of drug-likeness (QED) is 0.133. The minimum Gasteiger partial charge on any atom is -0.497 e. The van der Waals surface area contributed by atoms with Crippen molar-refractivity contribution in [2.75, 3.05) is 0 Å². The molecule has 9 rings (SSSR count). The van der Waals surface area contributed by atoms with E-state index in [-0.39, 0.29) is 21.1 Å². The number of hydrogen-bond donors (Lipinski definition) is 0. The van der Waals surface area contributed by atoms with Gasteiger partial charge in [-0.05, 0) is 55.5 Å². The monoisotopic (exact) mass is 762 g/mol. The van der Waals surface area contributed by atoms with Crippen LogP contribution in [-0.4, -0.2) is 23.8 Å². The maximum atomic E-state index is 6.43. The third kappa shape index (κ3) is 4.17. The summed E-state index contributed by atoms with van der Waals surface area (Å²) in [5, 5.41) is 4.96. The van der Waals surface area contributed by atoms with Gasteiger partial charge in [0.25, 0.3) is 0 Å². The van der Waals surface area contributed by atoms with Gasteiger partial charge in [0.1, 0.15) is 0 Å². The molecule has 0 aliphatic rings. The van der Waals surface area contributed by atoms with Crippen LogP contribution in [0.4, 0.5) is 0 Å². The van der Waals surface area contributed by atoms with Crippen LogP contribution in [0.3, 0.4) is 0 Å². The summed E-state index contributed by atoms with van der Waals surface area (Å²) < 4.78 is 10.7.